The number of amides is 7. The first-order valence-corrected chi connectivity index (χ1v) is 26.9. The number of hydrogen-bond donors (Lipinski definition) is 16. The second-order valence-corrected chi connectivity index (χ2v) is 20.2. The topological polar surface area (TPSA) is 396 Å². The van der Waals surface area contributed by atoms with E-state index in [1.807, 2.05) is 39.8 Å². The number of nitrogens with zero attached hydrogens (tertiary/aromatic N) is 1. The maximum Gasteiger partial charge on any atom is 0.246 e. The van der Waals surface area contributed by atoms with Crippen LogP contribution in [0.4, 0.5) is 5.69 Å². The highest BCUT2D eigenvalue weighted by Gasteiger charge is 2.34. The Balaban J connectivity index is 1.84. The van der Waals surface area contributed by atoms with E-state index in [0.29, 0.717) is 29.0 Å². The molecule has 428 valence electrons. The van der Waals surface area contributed by atoms with Crippen molar-refractivity contribution in [3.63, 3.8) is 0 Å². The number of phenolic OH excluding ortho intramolecular Hbond substituents is 2. The molecule has 0 spiro atoms. The van der Waals surface area contributed by atoms with Crippen LogP contribution in [0.2, 0.25) is 0 Å². The average molecular weight is 1130 g/mol. The maximum atomic E-state index is 14.4. The van der Waals surface area contributed by atoms with Crippen molar-refractivity contribution in [3.8, 4) is 11.5 Å². The van der Waals surface area contributed by atoms with Crippen LogP contribution in [0.3, 0.4) is 0 Å². The third-order valence-electron chi connectivity index (χ3n) is 12.0. The summed E-state index contributed by atoms with van der Waals surface area (Å²) in [5.41, 5.74) is 13.5. The van der Waals surface area contributed by atoms with Crippen LogP contribution < -0.4 is 54.0 Å². The van der Waals surface area contributed by atoms with Crippen LogP contribution in [0, 0.1) is 11.3 Å². The van der Waals surface area contributed by atoms with Gasteiger partial charge in [0.2, 0.25) is 41.4 Å². The summed E-state index contributed by atoms with van der Waals surface area (Å²) in [6.07, 6.45) is -0.311. The molecule has 0 radical (unpaired) electrons. The van der Waals surface area contributed by atoms with Crippen molar-refractivity contribution < 1.29 is 59.1 Å². The Bertz CT molecular complexity index is 2450. The van der Waals surface area contributed by atoms with Gasteiger partial charge in [-0.1, -0.05) is 74.2 Å². The van der Waals surface area contributed by atoms with Crippen LogP contribution in [0.15, 0.2) is 72.8 Å². The van der Waals surface area contributed by atoms with Crippen molar-refractivity contribution in [2.75, 3.05) is 44.8 Å². The summed E-state index contributed by atoms with van der Waals surface area (Å²) in [6, 6.07) is 8.25. The van der Waals surface area contributed by atoms with E-state index in [-0.39, 0.29) is 55.6 Å². The Hall–Kier alpha value is -7.10. The van der Waals surface area contributed by atoms with E-state index in [1.165, 1.54) is 60.3 Å². The lowest BCUT2D eigenvalue weighted by molar-refractivity contribution is -0.136. The first-order valence-electron chi connectivity index (χ1n) is 25.5. The minimum absolute atomic E-state index is 0.0960. The fourth-order valence-electron chi connectivity index (χ4n) is 7.59. The molecule has 24 nitrogen and oxygen atoms in total. The molecule has 7 atom stereocenters. The summed E-state index contributed by atoms with van der Waals surface area (Å²) in [4.78, 5) is 98.6. The molecule has 0 aliphatic heterocycles. The Morgan fingerprint density at radius 2 is 1.03 bits per heavy atom. The molecule has 0 bridgehead atoms. The van der Waals surface area contributed by atoms with Crippen LogP contribution in [0.5, 0.6) is 11.5 Å². The molecule has 0 aliphatic rings. The summed E-state index contributed by atoms with van der Waals surface area (Å²) in [7, 11) is 0. The van der Waals surface area contributed by atoms with Gasteiger partial charge in [-0.2, -0.15) is 0 Å². The number of anilines is 1. The van der Waals surface area contributed by atoms with Crippen molar-refractivity contribution >= 4 is 81.3 Å². The monoisotopic (exact) mass is 1120 g/mol. The highest BCUT2D eigenvalue weighted by atomic mass is 32.2. The van der Waals surface area contributed by atoms with E-state index >= 15 is 0 Å². The number of aromatic hydroxyl groups is 2. The Morgan fingerprint density at radius 1 is 0.603 bits per heavy atom. The first-order chi connectivity index (χ1) is 37.1. The van der Waals surface area contributed by atoms with Crippen LogP contribution in [0.25, 0.3) is 0 Å². The summed E-state index contributed by atoms with van der Waals surface area (Å²) in [5.74, 6) is -6.24. The van der Waals surface area contributed by atoms with Gasteiger partial charge < -0.3 is 84.4 Å². The van der Waals surface area contributed by atoms with Gasteiger partial charge in [-0.15, -0.1) is 0 Å². The van der Waals surface area contributed by atoms with E-state index in [4.69, 9.17) is 29.1 Å². The number of thioether (sulfide) groups is 1. The first kappa shape index (κ1) is 65.2. The minimum atomic E-state index is -1.65. The minimum Gasteiger partial charge on any atom is -0.508 e. The van der Waals surface area contributed by atoms with Crippen LogP contribution in [-0.2, 0) is 52.2 Å². The number of carbonyl (C=O) groups is 7. The normalized spacial score (nSPS) is 13.7. The smallest absolute Gasteiger partial charge is 0.246 e. The second kappa shape index (κ2) is 33.9. The molecule has 3 rings (SSSR count). The van der Waals surface area contributed by atoms with Crippen molar-refractivity contribution in [1.82, 2.24) is 42.1 Å². The van der Waals surface area contributed by atoms with Gasteiger partial charge in [0.05, 0.1) is 19.3 Å². The number of thiocarbonyl (C=S) groups is 1. The van der Waals surface area contributed by atoms with Gasteiger partial charge in [-0.3, -0.25) is 39.0 Å². The zero-order chi connectivity index (χ0) is 57.9. The lowest BCUT2D eigenvalue weighted by Gasteiger charge is -2.27. The molecule has 7 amide bonds. The molecule has 0 heterocycles. The summed E-state index contributed by atoms with van der Waals surface area (Å²) in [5, 5.41) is 78.0. The Kier molecular flexibility index (Phi) is 28.4. The number of phenols is 2. The quantitative estimate of drug-likeness (QED) is 0.0159. The number of benzene rings is 3. The number of nitrogens with two attached hydrogens (primary N) is 2. The van der Waals surface area contributed by atoms with E-state index < -0.39 is 110 Å². The Morgan fingerprint density at radius 3 is 1.47 bits per heavy atom. The van der Waals surface area contributed by atoms with Crippen molar-refractivity contribution in [1.29, 1.82) is 5.41 Å². The van der Waals surface area contributed by atoms with Crippen LogP contribution in [0.1, 0.15) is 70.1 Å². The number of aliphatic hydroxyl groups excluding tert-OH is 3. The fourth-order valence-corrected chi connectivity index (χ4v) is 8.95. The molecule has 0 aliphatic carbocycles. The third-order valence-corrected chi connectivity index (χ3v) is 13.6. The third kappa shape index (κ3) is 22.9. The van der Waals surface area contributed by atoms with Gasteiger partial charge in [0, 0.05) is 50.5 Å². The van der Waals surface area contributed by atoms with Crippen molar-refractivity contribution in [2.24, 2.45) is 17.4 Å². The van der Waals surface area contributed by atoms with E-state index in [2.05, 4.69) is 47.4 Å². The van der Waals surface area contributed by atoms with Gasteiger partial charge in [0.15, 0.2) is 5.96 Å². The SMILES string of the molecule is CCN(CC)C(=S)SCc1ccc(NC(=O)[C@@H](CC(C)C)NC(=O)[C@@H](CO)NC(=O)[C@@H](Cc2ccc(O)cc2)NC(=O)[C@@H](Cc2ccc(O)cc2)NC(=O)[C@@H](CCO)NC(=O)[C@@H](CO)NC(=O)[C@H](N)CCCNC(=N)N)cc1. The van der Waals surface area contributed by atoms with E-state index in [1.54, 1.807) is 12.1 Å². The lowest BCUT2D eigenvalue weighted by atomic mass is 10.0. The molecule has 18 N–H and O–H groups in total. The highest BCUT2D eigenvalue weighted by Crippen LogP contribution is 2.20. The van der Waals surface area contributed by atoms with Gasteiger partial charge in [-0.25, -0.2) is 0 Å². The number of aliphatic hydroxyl groups is 3. The predicted molar refractivity (Wildman–Crippen MR) is 300 cm³/mol. The summed E-state index contributed by atoms with van der Waals surface area (Å²) in [6.45, 7) is 7.08. The molecule has 3 aromatic carbocycles. The zero-order valence-corrected chi connectivity index (χ0v) is 45.9. The summed E-state index contributed by atoms with van der Waals surface area (Å²) < 4.78 is 0.781. The molecule has 26 heteroatoms. The second-order valence-electron chi connectivity index (χ2n) is 18.6. The zero-order valence-electron chi connectivity index (χ0n) is 44.3. The largest absolute Gasteiger partial charge is 0.508 e. The number of rotatable bonds is 32. The van der Waals surface area contributed by atoms with E-state index in [9.17, 15) is 59.1 Å². The molecule has 0 saturated heterocycles. The fraction of sp³-hybridized carbons (Fsp3) is 0.481. The summed E-state index contributed by atoms with van der Waals surface area (Å²) >= 11 is 7.07. The molecule has 0 aromatic heterocycles. The van der Waals surface area contributed by atoms with Crippen LogP contribution >= 0.6 is 24.0 Å². The highest BCUT2D eigenvalue weighted by molar-refractivity contribution is 8.22. The van der Waals surface area contributed by atoms with Crippen molar-refractivity contribution in [2.45, 2.75) is 114 Å². The molecule has 0 saturated carbocycles. The van der Waals surface area contributed by atoms with Gasteiger partial charge >= 0.3 is 0 Å². The van der Waals surface area contributed by atoms with E-state index in [0.717, 1.165) is 23.0 Å². The van der Waals surface area contributed by atoms with Gasteiger partial charge in [-0.05, 0) is 98.5 Å². The molecule has 3 aromatic rings. The number of carbonyl (C=O) groups excluding carboxylic acids is 7. The number of guanidine groups is 1. The van der Waals surface area contributed by atoms with Crippen molar-refractivity contribution in [3.05, 3.63) is 89.5 Å². The molecular weight excluding hydrogens is 1050 g/mol. The Labute approximate surface area is 463 Å². The lowest BCUT2D eigenvalue weighted by Crippen LogP contribution is -2.61. The van der Waals surface area contributed by atoms with Gasteiger partial charge in [0.25, 0.3) is 0 Å². The maximum absolute atomic E-state index is 14.4. The average Bonchev–Trinajstić information content (AvgIpc) is 3.40. The molecular formula is C52H76N12O12S2. The predicted octanol–water partition coefficient (Wildman–Crippen LogP) is -0.706. The molecule has 78 heavy (non-hydrogen) atoms. The molecule has 0 unspecified atom stereocenters. The number of hydrogen-bond acceptors (Lipinski definition) is 16. The van der Waals surface area contributed by atoms with Crippen LogP contribution in [-0.4, -0.2) is 164 Å². The number of nitrogens with one attached hydrogen (secondary N) is 9. The molecule has 0 fully saturated rings. The van der Waals surface area contributed by atoms with Gasteiger partial charge in [0.1, 0.15) is 52.1 Å². The standard InChI is InChI=1S/C52H76N12O12S2/c1-5-64(6-2)52(77)78-29-33-9-15-34(16-10-33)57-46(72)39(24-30(3)4)59-50(76)43(28-67)63-48(74)41(26-32-13-19-36(69)20-14-32)61-47(73)40(25-31-11-17-35(68)18-12-31)60-45(71)38(21-23-65)58-49(75)42(27-66)62-44(70)37(53)8-7-22-56-51(54)55/h9-20,30,37-43,65-69H,5-8,21-29,53H2,1-4H3,(H,57,72)(H,58,75)(H,59,76)(H,60,71)(H,61,73)(H,62,70)(H,63,74)(H4,54,55,56)/t37-,38-,39-,40-,41-,42-,43-/m1/s1.